The molecule has 0 aliphatic carbocycles. The summed E-state index contributed by atoms with van der Waals surface area (Å²) in [6, 6.07) is 7.29. The molecule has 4 nitrogen and oxygen atoms in total. The van der Waals surface area contributed by atoms with Crippen LogP contribution in [0.1, 0.15) is 33.6 Å². The van der Waals surface area contributed by atoms with Crippen molar-refractivity contribution in [1.29, 1.82) is 0 Å². The molecule has 5 heteroatoms. The highest BCUT2D eigenvalue weighted by molar-refractivity contribution is 6.32. The van der Waals surface area contributed by atoms with Crippen molar-refractivity contribution in [2.75, 3.05) is 13.1 Å². The van der Waals surface area contributed by atoms with Crippen molar-refractivity contribution in [1.82, 2.24) is 5.32 Å². The molecule has 0 aromatic heterocycles. The average Bonchev–Trinajstić information content (AvgIpc) is 2.50. The minimum Gasteiger partial charge on any atom is -0.487 e. The van der Waals surface area contributed by atoms with Crippen LogP contribution in [0, 0.1) is 5.41 Å². The molecule has 3 N–H and O–H groups in total. The number of nitrogens with one attached hydrogen (secondary N) is 1. The van der Waals surface area contributed by atoms with E-state index in [2.05, 4.69) is 5.32 Å². The second-order valence-corrected chi connectivity index (χ2v) is 5.67. The number of carbonyl (C=O) groups is 1. The van der Waals surface area contributed by atoms with Gasteiger partial charge in [0.15, 0.2) is 0 Å². The Morgan fingerprint density at radius 1 is 1.38 bits per heavy atom. The molecule has 0 aliphatic heterocycles. The van der Waals surface area contributed by atoms with Gasteiger partial charge in [-0.15, -0.1) is 0 Å². The molecule has 0 spiro atoms. The van der Waals surface area contributed by atoms with Crippen molar-refractivity contribution in [3.63, 3.8) is 0 Å². The second-order valence-electron chi connectivity index (χ2n) is 5.26. The van der Waals surface area contributed by atoms with Crippen molar-refractivity contribution in [2.24, 2.45) is 11.1 Å². The van der Waals surface area contributed by atoms with Gasteiger partial charge in [0, 0.05) is 6.54 Å². The monoisotopic (exact) mass is 312 g/mol. The molecule has 118 valence electrons. The lowest BCUT2D eigenvalue weighted by Crippen LogP contribution is -2.47. The SMILES string of the molecule is CCC(CC)(CN)C(=O)NCC(C)Oc1ccccc1Cl. The van der Waals surface area contributed by atoms with Gasteiger partial charge in [0.25, 0.3) is 0 Å². The number of ether oxygens (including phenoxy) is 1. The summed E-state index contributed by atoms with van der Waals surface area (Å²) in [5.74, 6) is 0.613. The normalized spacial score (nSPS) is 12.8. The highest BCUT2D eigenvalue weighted by Gasteiger charge is 2.33. The molecule has 0 heterocycles. The van der Waals surface area contributed by atoms with Crippen LogP contribution in [0.3, 0.4) is 0 Å². The number of hydrogen-bond acceptors (Lipinski definition) is 3. The fraction of sp³-hybridized carbons (Fsp3) is 0.562. The molecule has 1 amide bonds. The molecule has 1 unspecified atom stereocenters. The van der Waals surface area contributed by atoms with Crippen molar-refractivity contribution in [2.45, 2.75) is 39.7 Å². The van der Waals surface area contributed by atoms with Crippen molar-refractivity contribution < 1.29 is 9.53 Å². The summed E-state index contributed by atoms with van der Waals surface area (Å²) in [5.41, 5.74) is 5.29. The van der Waals surface area contributed by atoms with Gasteiger partial charge >= 0.3 is 0 Å². The fourth-order valence-corrected chi connectivity index (χ4v) is 2.36. The van der Waals surface area contributed by atoms with Crippen LogP contribution < -0.4 is 15.8 Å². The van der Waals surface area contributed by atoms with E-state index in [0.717, 1.165) is 12.8 Å². The first-order valence-electron chi connectivity index (χ1n) is 7.38. The molecule has 0 radical (unpaired) electrons. The summed E-state index contributed by atoms with van der Waals surface area (Å²) in [7, 11) is 0. The van der Waals surface area contributed by atoms with Gasteiger partial charge in [-0.2, -0.15) is 0 Å². The van der Waals surface area contributed by atoms with E-state index in [9.17, 15) is 4.79 Å². The van der Waals surface area contributed by atoms with E-state index < -0.39 is 5.41 Å². The second kappa shape index (κ2) is 8.25. The van der Waals surface area contributed by atoms with Crippen molar-refractivity contribution in [3.8, 4) is 5.75 Å². The third kappa shape index (κ3) is 4.61. The Bertz CT molecular complexity index is 453. The minimum atomic E-state index is -0.482. The summed E-state index contributed by atoms with van der Waals surface area (Å²) < 4.78 is 5.73. The van der Waals surface area contributed by atoms with Gasteiger partial charge in [-0.05, 0) is 31.9 Å². The highest BCUT2D eigenvalue weighted by atomic mass is 35.5. The van der Waals surface area contributed by atoms with Gasteiger partial charge in [-0.3, -0.25) is 4.79 Å². The predicted molar refractivity (Wildman–Crippen MR) is 86.6 cm³/mol. The zero-order valence-corrected chi connectivity index (χ0v) is 13.7. The molecule has 0 saturated heterocycles. The number of para-hydroxylation sites is 1. The molecule has 1 aromatic rings. The van der Waals surface area contributed by atoms with Crippen LogP contribution in [0.25, 0.3) is 0 Å². The summed E-state index contributed by atoms with van der Waals surface area (Å²) in [4.78, 5) is 12.3. The Hall–Kier alpha value is -1.26. The summed E-state index contributed by atoms with van der Waals surface area (Å²) in [5, 5.41) is 3.49. The van der Waals surface area contributed by atoms with Gasteiger partial charge in [0.2, 0.25) is 5.91 Å². The number of benzene rings is 1. The molecule has 0 aliphatic rings. The van der Waals surface area contributed by atoms with E-state index in [0.29, 0.717) is 23.9 Å². The van der Waals surface area contributed by atoms with E-state index in [-0.39, 0.29) is 12.0 Å². The highest BCUT2D eigenvalue weighted by Crippen LogP contribution is 2.26. The molecule has 0 saturated carbocycles. The molecule has 1 aromatic carbocycles. The zero-order chi connectivity index (χ0) is 15.9. The summed E-state index contributed by atoms with van der Waals surface area (Å²) in [6.07, 6.45) is 1.29. The first-order chi connectivity index (χ1) is 9.99. The number of hydrogen-bond donors (Lipinski definition) is 2. The standard InChI is InChI=1S/C16H25ClN2O2/c1-4-16(5-2,11-18)15(20)19-10-12(3)21-14-9-7-6-8-13(14)17/h6-9,12H,4-5,10-11,18H2,1-3H3,(H,19,20). The lowest BCUT2D eigenvalue weighted by Gasteiger charge is -2.29. The minimum absolute atomic E-state index is 0.00962. The molecular weight excluding hydrogens is 288 g/mol. The van der Waals surface area contributed by atoms with E-state index in [1.807, 2.05) is 39.0 Å². The number of nitrogens with two attached hydrogens (primary N) is 1. The van der Waals surface area contributed by atoms with Gasteiger partial charge in [-0.1, -0.05) is 37.6 Å². The zero-order valence-electron chi connectivity index (χ0n) is 13.0. The van der Waals surface area contributed by atoms with E-state index in [1.165, 1.54) is 0 Å². The van der Waals surface area contributed by atoms with Crippen molar-refractivity contribution in [3.05, 3.63) is 29.3 Å². The summed E-state index contributed by atoms with van der Waals surface area (Å²) >= 11 is 6.04. The maximum atomic E-state index is 12.3. The van der Waals surface area contributed by atoms with Gasteiger partial charge in [-0.25, -0.2) is 0 Å². The van der Waals surface area contributed by atoms with Gasteiger partial charge in [0.1, 0.15) is 11.9 Å². The third-order valence-electron chi connectivity index (χ3n) is 3.94. The largest absolute Gasteiger partial charge is 0.487 e. The molecule has 0 fully saturated rings. The van der Waals surface area contributed by atoms with E-state index in [1.54, 1.807) is 6.07 Å². The molecular formula is C16H25ClN2O2. The topological polar surface area (TPSA) is 64.4 Å². The number of amides is 1. The van der Waals surface area contributed by atoms with E-state index in [4.69, 9.17) is 22.1 Å². The molecule has 21 heavy (non-hydrogen) atoms. The first-order valence-corrected chi connectivity index (χ1v) is 7.76. The Morgan fingerprint density at radius 2 is 2.00 bits per heavy atom. The van der Waals surface area contributed by atoms with Crippen LogP contribution in [0.2, 0.25) is 5.02 Å². The van der Waals surface area contributed by atoms with Crippen LogP contribution in [0.15, 0.2) is 24.3 Å². The first kappa shape index (κ1) is 17.8. The summed E-state index contributed by atoms with van der Waals surface area (Å²) in [6.45, 7) is 6.64. The maximum Gasteiger partial charge on any atom is 0.227 e. The Kier molecular flexibility index (Phi) is 6.99. The molecule has 1 atom stereocenters. The fourth-order valence-electron chi connectivity index (χ4n) is 2.18. The van der Waals surface area contributed by atoms with Gasteiger partial charge < -0.3 is 15.8 Å². The maximum absolute atomic E-state index is 12.3. The number of halogens is 1. The quantitative estimate of drug-likeness (QED) is 0.775. The third-order valence-corrected chi connectivity index (χ3v) is 4.25. The lowest BCUT2D eigenvalue weighted by molar-refractivity contribution is -0.131. The molecule has 0 bridgehead atoms. The number of carbonyl (C=O) groups excluding carboxylic acids is 1. The van der Waals surface area contributed by atoms with Crippen LogP contribution in [0.4, 0.5) is 0 Å². The predicted octanol–water partition coefficient (Wildman–Crippen LogP) is 2.99. The van der Waals surface area contributed by atoms with E-state index >= 15 is 0 Å². The van der Waals surface area contributed by atoms with Crippen LogP contribution in [-0.2, 0) is 4.79 Å². The average molecular weight is 313 g/mol. The van der Waals surface area contributed by atoms with Crippen LogP contribution in [0.5, 0.6) is 5.75 Å². The molecule has 1 rings (SSSR count). The van der Waals surface area contributed by atoms with Crippen LogP contribution in [-0.4, -0.2) is 25.1 Å². The number of rotatable bonds is 8. The Balaban J connectivity index is 2.55. The van der Waals surface area contributed by atoms with Crippen molar-refractivity contribution >= 4 is 17.5 Å². The van der Waals surface area contributed by atoms with Gasteiger partial charge in [0.05, 0.1) is 17.0 Å². The van der Waals surface area contributed by atoms with Crippen LogP contribution >= 0.6 is 11.6 Å². The lowest BCUT2D eigenvalue weighted by atomic mass is 9.81. The Labute approximate surface area is 132 Å². The smallest absolute Gasteiger partial charge is 0.227 e. The Morgan fingerprint density at radius 3 is 2.52 bits per heavy atom.